The molecule has 4 atom stereocenters. The van der Waals surface area contributed by atoms with Crippen LogP contribution in [0, 0.1) is 0 Å². The van der Waals surface area contributed by atoms with Gasteiger partial charge in [-0.1, -0.05) is 96.1 Å². The molecule has 0 aliphatic rings. The van der Waals surface area contributed by atoms with Crippen LogP contribution in [0.5, 0.6) is 0 Å². The molecule has 0 saturated heterocycles. The Balaban J connectivity index is 2.05. The summed E-state index contributed by atoms with van der Waals surface area (Å²) >= 11 is 0. The first-order chi connectivity index (χ1) is 13.2. The number of hydrogen-bond acceptors (Lipinski definition) is 5. The van der Waals surface area contributed by atoms with Gasteiger partial charge in [0.1, 0.15) is 0 Å². The number of rotatable bonds is 12. The van der Waals surface area contributed by atoms with Gasteiger partial charge in [-0.15, -0.1) is 0 Å². The van der Waals surface area contributed by atoms with Gasteiger partial charge < -0.3 is 8.85 Å². The van der Waals surface area contributed by atoms with E-state index in [-0.39, 0.29) is 0 Å². The number of hydrogen-bond donors (Lipinski definition) is 0. The molecule has 7 heteroatoms. The fourth-order valence-electron chi connectivity index (χ4n) is 3.05. The maximum atomic E-state index is 5.57. The first-order valence-electron chi connectivity index (χ1n) is 9.24. The van der Waals surface area contributed by atoms with Crippen LogP contribution in [-0.4, -0.2) is 33.7 Å². The average molecular weight is 455 g/mol. The summed E-state index contributed by atoms with van der Waals surface area (Å²) in [4.78, 5) is 0. The standard InChI is InChI=1S/C20H30O2S3Si2/c1-15(26-21-3)19(17-11-7-5-8-12-17)23-25-24-20(16(2)27-22-4)18-13-9-6-10-14-18/h5-16,19-20H,26-27H2,1-4H3. The molecule has 2 aromatic carbocycles. The van der Waals surface area contributed by atoms with Crippen LogP contribution in [-0.2, 0) is 8.85 Å². The van der Waals surface area contributed by atoms with E-state index in [0.29, 0.717) is 21.6 Å². The van der Waals surface area contributed by atoms with E-state index in [1.165, 1.54) is 11.1 Å². The van der Waals surface area contributed by atoms with Gasteiger partial charge in [-0.3, -0.25) is 0 Å². The van der Waals surface area contributed by atoms with Crippen molar-refractivity contribution in [3.63, 3.8) is 0 Å². The molecule has 2 aromatic rings. The molecular formula is C20H30O2S3Si2. The molecule has 0 spiro atoms. The molecule has 0 aromatic heterocycles. The smallest absolute Gasteiger partial charge is 0.165 e. The molecule has 148 valence electrons. The van der Waals surface area contributed by atoms with Gasteiger partial charge in [-0.2, -0.15) is 0 Å². The Morgan fingerprint density at radius 2 is 1.04 bits per heavy atom. The van der Waals surface area contributed by atoms with Crippen LogP contribution < -0.4 is 0 Å². The second kappa shape index (κ2) is 13.1. The maximum absolute atomic E-state index is 5.57. The summed E-state index contributed by atoms with van der Waals surface area (Å²) in [6.45, 7) is 4.67. The fraction of sp³-hybridized carbons (Fsp3) is 0.400. The summed E-state index contributed by atoms with van der Waals surface area (Å²) < 4.78 is 11.1. The number of benzene rings is 2. The Bertz CT molecular complexity index is 578. The quantitative estimate of drug-likeness (QED) is 0.307. The molecule has 0 radical (unpaired) electrons. The molecule has 0 aliphatic heterocycles. The molecule has 0 fully saturated rings. The lowest BCUT2D eigenvalue weighted by atomic mass is 10.1. The summed E-state index contributed by atoms with van der Waals surface area (Å²) in [5.74, 6) is 0. The molecule has 0 amide bonds. The Morgan fingerprint density at radius 1 is 0.667 bits per heavy atom. The lowest BCUT2D eigenvalue weighted by Gasteiger charge is -2.25. The van der Waals surface area contributed by atoms with Crippen LogP contribution >= 0.6 is 31.4 Å². The third-order valence-corrected chi connectivity index (χ3v) is 13.0. The van der Waals surface area contributed by atoms with E-state index in [0.717, 1.165) is 0 Å². The summed E-state index contributed by atoms with van der Waals surface area (Å²) in [5.41, 5.74) is 4.00. The topological polar surface area (TPSA) is 18.5 Å². The summed E-state index contributed by atoms with van der Waals surface area (Å²) in [6.07, 6.45) is 0. The van der Waals surface area contributed by atoms with Crippen LogP contribution in [0.3, 0.4) is 0 Å². The summed E-state index contributed by atoms with van der Waals surface area (Å²) in [5, 5.41) is 0.948. The van der Waals surface area contributed by atoms with Gasteiger partial charge in [0.2, 0.25) is 0 Å². The van der Waals surface area contributed by atoms with Crippen LogP contribution in [0.4, 0.5) is 0 Å². The van der Waals surface area contributed by atoms with E-state index in [4.69, 9.17) is 8.85 Å². The van der Waals surface area contributed by atoms with Gasteiger partial charge >= 0.3 is 0 Å². The van der Waals surface area contributed by atoms with Crippen molar-refractivity contribution in [2.75, 3.05) is 14.2 Å². The first-order valence-corrected chi connectivity index (χ1v) is 15.6. The zero-order chi connectivity index (χ0) is 19.5. The van der Waals surface area contributed by atoms with Crippen molar-refractivity contribution in [3.8, 4) is 0 Å². The predicted octanol–water partition coefficient (Wildman–Crippen LogP) is 5.58. The minimum atomic E-state index is -0.524. The van der Waals surface area contributed by atoms with Crippen molar-refractivity contribution in [3.05, 3.63) is 71.8 Å². The van der Waals surface area contributed by atoms with Gasteiger partial charge in [0, 0.05) is 24.7 Å². The third kappa shape index (κ3) is 7.64. The molecule has 2 rings (SSSR count). The van der Waals surface area contributed by atoms with Gasteiger partial charge in [-0.25, -0.2) is 0 Å². The molecule has 0 bridgehead atoms. The summed E-state index contributed by atoms with van der Waals surface area (Å²) in [7, 11) is 8.56. The normalized spacial score (nSPS) is 16.7. The third-order valence-electron chi connectivity index (χ3n) is 4.43. The largest absolute Gasteiger partial charge is 0.427 e. The van der Waals surface area contributed by atoms with Crippen molar-refractivity contribution in [1.82, 2.24) is 0 Å². The predicted molar refractivity (Wildman–Crippen MR) is 131 cm³/mol. The second-order valence-electron chi connectivity index (χ2n) is 6.79. The van der Waals surface area contributed by atoms with Crippen molar-refractivity contribution in [1.29, 1.82) is 0 Å². The van der Waals surface area contributed by atoms with Gasteiger partial charge in [0.15, 0.2) is 19.5 Å². The second-order valence-corrected chi connectivity index (χ2v) is 15.5. The molecule has 0 heterocycles. The van der Waals surface area contributed by atoms with Crippen LogP contribution in [0.1, 0.15) is 35.5 Å². The monoisotopic (exact) mass is 454 g/mol. The van der Waals surface area contributed by atoms with Crippen molar-refractivity contribution < 1.29 is 8.85 Å². The van der Waals surface area contributed by atoms with Crippen molar-refractivity contribution in [2.24, 2.45) is 0 Å². The zero-order valence-corrected chi connectivity index (χ0v) is 21.8. The highest BCUT2D eigenvalue weighted by molar-refractivity contribution is 9.09. The van der Waals surface area contributed by atoms with Gasteiger partial charge in [-0.05, 0) is 32.0 Å². The lowest BCUT2D eigenvalue weighted by molar-refractivity contribution is 0.431. The highest BCUT2D eigenvalue weighted by Gasteiger charge is 2.25. The van der Waals surface area contributed by atoms with E-state index in [9.17, 15) is 0 Å². The van der Waals surface area contributed by atoms with Gasteiger partial charge in [0.25, 0.3) is 0 Å². The minimum Gasteiger partial charge on any atom is -0.427 e. The van der Waals surface area contributed by atoms with Crippen molar-refractivity contribution in [2.45, 2.75) is 35.4 Å². The highest BCUT2D eigenvalue weighted by Crippen LogP contribution is 2.55. The fourth-order valence-corrected chi connectivity index (χ4v) is 12.4. The molecule has 0 saturated carbocycles. The minimum absolute atomic E-state index is 0.474. The molecule has 27 heavy (non-hydrogen) atoms. The Kier molecular flexibility index (Phi) is 11.3. The van der Waals surface area contributed by atoms with Gasteiger partial charge in [0.05, 0.1) is 0 Å². The SMILES string of the molecule is CO[SiH2]C(C)C(SSSC(c1ccccc1)C(C)[SiH2]OC)c1ccccc1. The Labute approximate surface area is 180 Å². The molecular weight excluding hydrogens is 425 g/mol. The zero-order valence-electron chi connectivity index (χ0n) is 16.5. The molecule has 2 nitrogen and oxygen atoms in total. The first kappa shape index (κ1) is 23.1. The Morgan fingerprint density at radius 3 is 1.37 bits per heavy atom. The molecule has 0 aliphatic carbocycles. The van der Waals surface area contributed by atoms with Crippen LogP contribution in [0.15, 0.2) is 60.7 Å². The highest BCUT2D eigenvalue weighted by atomic mass is 33.5. The molecule has 4 unspecified atom stereocenters. The molecule has 0 N–H and O–H groups in total. The maximum Gasteiger partial charge on any atom is 0.165 e. The van der Waals surface area contributed by atoms with E-state index >= 15 is 0 Å². The van der Waals surface area contributed by atoms with E-state index in [1.807, 2.05) is 45.6 Å². The van der Waals surface area contributed by atoms with Crippen LogP contribution in [0.2, 0.25) is 11.1 Å². The van der Waals surface area contributed by atoms with E-state index in [2.05, 4.69) is 74.5 Å². The lowest BCUT2D eigenvalue weighted by Crippen LogP contribution is -2.10. The summed E-state index contributed by atoms with van der Waals surface area (Å²) in [6, 6.07) is 21.7. The van der Waals surface area contributed by atoms with Crippen molar-refractivity contribution >= 4 is 50.9 Å². The van der Waals surface area contributed by atoms with Crippen LogP contribution in [0.25, 0.3) is 0 Å². The Hall–Kier alpha value is -0.156. The van der Waals surface area contributed by atoms with E-state index in [1.54, 1.807) is 0 Å². The average Bonchev–Trinajstić information content (AvgIpc) is 2.69. The van der Waals surface area contributed by atoms with E-state index < -0.39 is 19.5 Å².